The molecule has 2 N–H and O–H groups in total. The van der Waals surface area contributed by atoms with Crippen molar-refractivity contribution < 1.29 is 17.2 Å². The molecule has 0 saturated heterocycles. The zero-order valence-corrected chi connectivity index (χ0v) is 10.6. The Morgan fingerprint density at radius 2 is 1.94 bits per heavy atom. The van der Waals surface area contributed by atoms with Crippen molar-refractivity contribution in [2.24, 2.45) is 11.1 Å². The summed E-state index contributed by atoms with van der Waals surface area (Å²) >= 11 is 0. The molecule has 1 fully saturated rings. The summed E-state index contributed by atoms with van der Waals surface area (Å²) in [5, 5.41) is 0. The van der Waals surface area contributed by atoms with Gasteiger partial charge in [-0.3, -0.25) is 0 Å². The first-order valence-corrected chi connectivity index (χ1v) is 7.42. The molecule has 1 aromatic rings. The minimum Gasteiger partial charge on any atom is -0.330 e. The molecule has 1 aromatic carbocycles. The summed E-state index contributed by atoms with van der Waals surface area (Å²) in [7, 11) is -3.72. The summed E-state index contributed by atoms with van der Waals surface area (Å²) < 4.78 is 50.4. The zero-order valence-electron chi connectivity index (χ0n) is 9.83. The van der Waals surface area contributed by atoms with Gasteiger partial charge in [0.2, 0.25) is 0 Å². The second-order valence-corrected chi connectivity index (χ2v) is 6.83. The average molecular weight is 275 g/mol. The Labute approximate surface area is 105 Å². The van der Waals surface area contributed by atoms with Crippen LogP contribution >= 0.6 is 0 Å². The molecule has 3 nitrogen and oxygen atoms in total. The Kier molecular flexibility index (Phi) is 3.42. The van der Waals surface area contributed by atoms with Crippen molar-refractivity contribution in [2.75, 3.05) is 12.3 Å². The molecule has 100 valence electrons. The molecule has 0 spiro atoms. The molecule has 1 aliphatic rings. The molecule has 0 unspecified atom stereocenters. The SMILES string of the molecule is NCCC1(CS(=O)(=O)c2ccc(F)cc2F)CC1. The summed E-state index contributed by atoms with van der Waals surface area (Å²) in [5.41, 5.74) is 5.15. The van der Waals surface area contributed by atoms with Crippen LogP contribution in [0.3, 0.4) is 0 Å². The summed E-state index contributed by atoms with van der Waals surface area (Å²) in [6.07, 6.45) is 2.22. The Bertz CT molecular complexity index is 553. The van der Waals surface area contributed by atoms with Gasteiger partial charge in [0.25, 0.3) is 0 Å². The first-order valence-electron chi connectivity index (χ1n) is 5.76. The molecule has 0 bridgehead atoms. The topological polar surface area (TPSA) is 60.2 Å². The van der Waals surface area contributed by atoms with Gasteiger partial charge in [0.1, 0.15) is 16.5 Å². The average Bonchev–Trinajstić information content (AvgIpc) is 2.96. The second-order valence-electron chi connectivity index (χ2n) is 4.87. The van der Waals surface area contributed by atoms with E-state index < -0.39 is 26.4 Å². The fraction of sp³-hybridized carbons (Fsp3) is 0.500. The van der Waals surface area contributed by atoms with Crippen LogP contribution in [0.2, 0.25) is 0 Å². The van der Waals surface area contributed by atoms with Crippen molar-refractivity contribution in [3.05, 3.63) is 29.8 Å². The third-order valence-electron chi connectivity index (χ3n) is 3.36. The van der Waals surface area contributed by atoms with E-state index in [1.54, 1.807) is 0 Å². The molecule has 0 aliphatic heterocycles. The molecule has 1 aliphatic carbocycles. The predicted molar refractivity (Wildman–Crippen MR) is 63.7 cm³/mol. The van der Waals surface area contributed by atoms with Crippen molar-refractivity contribution in [2.45, 2.75) is 24.2 Å². The van der Waals surface area contributed by atoms with Gasteiger partial charge in [-0.2, -0.15) is 0 Å². The molecule has 0 amide bonds. The highest BCUT2D eigenvalue weighted by atomic mass is 32.2. The molecular formula is C12H15F2NO2S. The van der Waals surface area contributed by atoms with Gasteiger partial charge in [-0.25, -0.2) is 17.2 Å². The largest absolute Gasteiger partial charge is 0.330 e. The van der Waals surface area contributed by atoms with Crippen LogP contribution in [0.4, 0.5) is 8.78 Å². The molecular weight excluding hydrogens is 260 g/mol. The van der Waals surface area contributed by atoms with Gasteiger partial charge in [-0.15, -0.1) is 0 Å². The van der Waals surface area contributed by atoms with E-state index in [-0.39, 0.29) is 11.2 Å². The maximum Gasteiger partial charge on any atom is 0.181 e. The van der Waals surface area contributed by atoms with E-state index in [2.05, 4.69) is 0 Å². The van der Waals surface area contributed by atoms with Crippen LogP contribution in [0.25, 0.3) is 0 Å². The van der Waals surface area contributed by atoms with Gasteiger partial charge in [-0.1, -0.05) is 0 Å². The predicted octanol–water partition coefficient (Wildman–Crippen LogP) is 1.87. The van der Waals surface area contributed by atoms with Crippen LogP contribution in [-0.2, 0) is 9.84 Å². The van der Waals surface area contributed by atoms with Crippen molar-refractivity contribution in [3.63, 3.8) is 0 Å². The van der Waals surface area contributed by atoms with E-state index in [1.165, 1.54) is 0 Å². The minimum atomic E-state index is -3.72. The number of halogens is 2. The number of sulfone groups is 1. The van der Waals surface area contributed by atoms with Crippen molar-refractivity contribution >= 4 is 9.84 Å². The fourth-order valence-electron chi connectivity index (χ4n) is 2.16. The van der Waals surface area contributed by atoms with Crippen molar-refractivity contribution in [3.8, 4) is 0 Å². The van der Waals surface area contributed by atoms with Crippen LogP contribution in [0.5, 0.6) is 0 Å². The molecule has 18 heavy (non-hydrogen) atoms. The first kappa shape index (κ1) is 13.4. The molecule has 1 saturated carbocycles. The van der Waals surface area contributed by atoms with E-state index in [1.807, 2.05) is 0 Å². The standard InChI is InChI=1S/C12H15F2NO2S/c13-9-1-2-11(10(14)7-9)18(16,17)8-12(3-4-12)5-6-15/h1-2,7H,3-6,8,15H2. The molecule has 0 aromatic heterocycles. The third-order valence-corrected chi connectivity index (χ3v) is 5.35. The number of hydrogen-bond acceptors (Lipinski definition) is 3. The van der Waals surface area contributed by atoms with E-state index in [0.29, 0.717) is 19.0 Å². The van der Waals surface area contributed by atoms with Crippen LogP contribution in [-0.4, -0.2) is 20.7 Å². The summed E-state index contributed by atoms with van der Waals surface area (Å²) in [6.45, 7) is 0.418. The molecule has 0 heterocycles. The van der Waals surface area contributed by atoms with E-state index in [4.69, 9.17) is 5.73 Å². The lowest BCUT2D eigenvalue weighted by Gasteiger charge is -2.14. The van der Waals surface area contributed by atoms with E-state index in [9.17, 15) is 17.2 Å². The smallest absolute Gasteiger partial charge is 0.181 e. The second kappa shape index (κ2) is 4.59. The summed E-state index contributed by atoms with van der Waals surface area (Å²) in [4.78, 5) is -0.424. The monoisotopic (exact) mass is 275 g/mol. The number of rotatable bonds is 5. The minimum absolute atomic E-state index is 0.111. The Hall–Kier alpha value is -1.01. The van der Waals surface area contributed by atoms with Crippen LogP contribution in [0.1, 0.15) is 19.3 Å². The molecule has 0 radical (unpaired) electrons. The third kappa shape index (κ3) is 2.70. The Morgan fingerprint density at radius 1 is 1.28 bits per heavy atom. The Balaban J connectivity index is 2.26. The molecule has 0 atom stereocenters. The van der Waals surface area contributed by atoms with Crippen LogP contribution in [0, 0.1) is 17.0 Å². The molecule has 6 heteroatoms. The number of nitrogens with two attached hydrogens (primary N) is 1. The van der Waals surface area contributed by atoms with Gasteiger partial charge in [0, 0.05) is 6.07 Å². The van der Waals surface area contributed by atoms with Gasteiger partial charge >= 0.3 is 0 Å². The number of hydrogen-bond donors (Lipinski definition) is 1. The maximum absolute atomic E-state index is 13.5. The highest BCUT2D eigenvalue weighted by Gasteiger charge is 2.45. The molecule has 2 rings (SSSR count). The fourth-order valence-corrected chi connectivity index (χ4v) is 4.18. The first-order chi connectivity index (χ1) is 8.38. The highest BCUT2D eigenvalue weighted by Crippen LogP contribution is 2.50. The van der Waals surface area contributed by atoms with Crippen LogP contribution in [0.15, 0.2) is 23.1 Å². The van der Waals surface area contributed by atoms with Crippen molar-refractivity contribution in [1.29, 1.82) is 0 Å². The van der Waals surface area contributed by atoms with E-state index >= 15 is 0 Å². The van der Waals surface area contributed by atoms with Gasteiger partial charge in [0.15, 0.2) is 9.84 Å². The van der Waals surface area contributed by atoms with Gasteiger partial charge in [0.05, 0.1) is 5.75 Å². The summed E-state index contributed by atoms with van der Waals surface area (Å²) in [5.74, 6) is -1.92. The lowest BCUT2D eigenvalue weighted by atomic mass is 10.1. The Morgan fingerprint density at radius 3 is 2.44 bits per heavy atom. The summed E-state index contributed by atoms with van der Waals surface area (Å²) in [6, 6.07) is 2.53. The quantitative estimate of drug-likeness (QED) is 0.834. The van der Waals surface area contributed by atoms with Crippen LogP contribution < -0.4 is 5.73 Å². The number of benzene rings is 1. The normalized spacial score (nSPS) is 17.7. The van der Waals surface area contributed by atoms with E-state index in [0.717, 1.165) is 25.0 Å². The zero-order chi connectivity index (χ0) is 13.4. The van der Waals surface area contributed by atoms with Crippen molar-refractivity contribution in [1.82, 2.24) is 0 Å². The highest BCUT2D eigenvalue weighted by molar-refractivity contribution is 7.91. The lowest BCUT2D eigenvalue weighted by molar-refractivity contribution is 0.504. The lowest BCUT2D eigenvalue weighted by Crippen LogP contribution is -2.21. The maximum atomic E-state index is 13.5. The van der Waals surface area contributed by atoms with Gasteiger partial charge in [-0.05, 0) is 43.4 Å². The van der Waals surface area contributed by atoms with Gasteiger partial charge < -0.3 is 5.73 Å².